The van der Waals surface area contributed by atoms with Crippen molar-refractivity contribution in [3.8, 4) is 0 Å². The average molecular weight is 126 g/mol. The van der Waals surface area contributed by atoms with Gasteiger partial charge in [0.25, 0.3) is 0 Å². The van der Waals surface area contributed by atoms with Gasteiger partial charge >= 0.3 is 0 Å². The number of furan rings is 1. The van der Waals surface area contributed by atoms with Crippen molar-refractivity contribution < 1.29 is 9.52 Å². The Morgan fingerprint density at radius 3 is 3.00 bits per heavy atom. The lowest BCUT2D eigenvalue weighted by Gasteiger charge is -2.00. The highest BCUT2D eigenvalue weighted by Gasteiger charge is 2.04. The molecule has 50 valence electrons. The van der Waals surface area contributed by atoms with E-state index in [0.29, 0.717) is 0 Å². The van der Waals surface area contributed by atoms with E-state index in [1.165, 1.54) is 0 Å². The molecule has 1 aromatic heterocycles. The van der Waals surface area contributed by atoms with E-state index in [4.69, 9.17) is 9.52 Å². The van der Waals surface area contributed by atoms with Crippen molar-refractivity contribution in [3.05, 3.63) is 24.2 Å². The molecule has 9 heavy (non-hydrogen) atoms. The molecule has 0 aromatic carbocycles. The van der Waals surface area contributed by atoms with Crippen molar-refractivity contribution >= 4 is 0 Å². The molecule has 1 heterocycles. The van der Waals surface area contributed by atoms with Gasteiger partial charge in [0.1, 0.15) is 5.76 Å². The molecule has 0 amide bonds. The summed E-state index contributed by atoms with van der Waals surface area (Å²) in [5, 5.41) is 8.65. The van der Waals surface area contributed by atoms with Gasteiger partial charge in [0, 0.05) is 5.92 Å². The van der Waals surface area contributed by atoms with Gasteiger partial charge in [-0.15, -0.1) is 0 Å². The average Bonchev–Trinajstić information content (AvgIpc) is 2.37. The summed E-state index contributed by atoms with van der Waals surface area (Å²) in [6.45, 7) is 2.06. The molecule has 2 nitrogen and oxygen atoms in total. The van der Waals surface area contributed by atoms with Crippen LogP contribution in [0.3, 0.4) is 0 Å². The lowest BCUT2D eigenvalue weighted by Crippen LogP contribution is -1.95. The van der Waals surface area contributed by atoms with Crippen molar-refractivity contribution in [1.29, 1.82) is 0 Å². The van der Waals surface area contributed by atoms with E-state index < -0.39 is 0 Å². The monoisotopic (exact) mass is 126 g/mol. The summed E-state index contributed by atoms with van der Waals surface area (Å²) < 4.78 is 5.03. The molecule has 1 rings (SSSR count). The topological polar surface area (TPSA) is 33.4 Å². The predicted octanol–water partition coefficient (Wildman–Crippen LogP) is 1.38. The van der Waals surface area contributed by atoms with Crippen LogP contribution >= 0.6 is 0 Å². The van der Waals surface area contributed by atoms with Crippen LogP contribution in [0.15, 0.2) is 22.8 Å². The molecule has 0 unspecified atom stereocenters. The molecular weight excluding hydrogens is 116 g/mol. The van der Waals surface area contributed by atoms with E-state index in [9.17, 15) is 0 Å². The first-order valence-electron chi connectivity index (χ1n) is 2.99. The molecule has 0 aliphatic rings. The van der Waals surface area contributed by atoms with Crippen LogP contribution in [-0.4, -0.2) is 11.7 Å². The van der Waals surface area contributed by atoms with Crippen molar-refractivity contribution in [3.63, 3.8) is 0 Å². The lowest BCUT2D eigenvalue weighted by atomic mass is 10.1. The Hall–Kier alpha value is -0.760. The van der Waals surface area contributed by atoms with E-state index >= 15 is 0 Å². The Balaban J connectivity index is 2.65. The van der Waals surface area contributed by atoms with Gasteiger partial charge in [-0.05, 0) is 12.1 Å². The summed E-state index contributed by atoms with van der Waals surface area (Å²) in [6, 6.07) is 3.68. The Bertz CT molecular complexity index is 155. The highest BCUT2D eigenvalue weighted by molar-refractivity contribution is 5.03. The third kappa shape index (κ3) is 1.33. The smallest absolute Gasteiger partial charge is 0.108 e. The van der Waals surface area contributed by atoms with Crippen LogP contribution in [0, 0.1) is 0 Å². The summed E-state index contributed by atoms with van der Waals surface area (Å²) in [7, 11) is 0. The lowest BCUT2D eigenvalue weighted by molar-refractivity contribution is 0.257. The van der Waals surface area contributed by atoms with Gasteiger partial charge in [-0.25, -0.2) is 0 Å². The van der Waals surface area contributed by atoms with Crippen molar-refractivity contribution in [1.82, 2.24) is 0 Å². The van der Waals surface area contributed by atoms with Crippen LogP contribution < -0.4 is 0 Å². The fourth-order valence-electron chi connectivity index (χ4n) is 0.662. The maximum absolute atomic E-state index is 8.65. The van der Waals surface area contributed by atoms with E-state index in [1.54, 1.807) is 6.26 Å². The number of hydrogen-bond donors (Lipinski definition) is 1. The summed E-state index contributed by atoms with van der Waals surface area (Å²) in [5.74, 6) is 0.970. The molecule has 0 saturated carbocycles. The molecule has 1 atom stereocenters. The molecule has 0 saturated heterocycles. The van der Waals surface area contributed by atoms with E-state index in [-0.39, 0.29) is 12.5 Å². The van der Waals surface area contributed by atoms with Gasteiger partial charge in [0.05, 0.1) is 12.9 Å². The van der Waals surface area contributed by atoms with E-state index in [1.807, 2.05) is 19.1 Å². The third-order valence-corrected chi connectivity index (χ3v) is 1.30. The molecule has 0 aliphatic heterocycles. The Labute approximate surface area is 54.1 Å². The molecule has 1 aromatic rings. The van der Waals surface area contributed by atoms with Gasteiger partial charge in [0.15, 0.2) is 0 Å². The SMILES string of the molecule is C[C@@H](CO)c1ccco1. The van der Waals surface area contributed by atoms with E-state index in [0.717, 1.165) is 5.76 Å². The Morgan fingerprint density at radius 1 is 1.78 bits per heavy atom. The molecule has 0 bridgehead atoms. The van der Waals surface area contributed by atoms with E-state index in [2.05, 4.69) is 0 Å². The summed E-state index contributed by atoms with van der Waals surface area (Å²) in [5.41, 5.74) is 0. The molecule has 0 fully saturated rings. The maximum atomic E-state index is 8.65. The standard InChI is InChI=1S/C7H10O2/c1-6(5-8)7-3-2-4-9-7/h2-4,6,8H,5H2,1H3/t6-/m0/s1. The summed E-state index contributed by atoms with van der Waals surface area (Å²) >= 11 is 0. The number of aliphatic hydroxyl groups is 1. The Kier molecular flexibility index (Phi) is 1.90. The normalized spacial score (nSPS) is 13.6. The zero-order chi connectivity index (χ0) is 6.69. The Morgan fingerprint density at radius 2 is 2.56 bits per heavy atom. The van der Waals surface area contributed by atoms with Crippen LogP contribution in [0.25, 0.3) is 0 Å². The number of rotatable bonds is 2. The zero-order valence-corrected chi connectivity index (χ0v) is 5.37. The molecule has 1 N–H and O–H groups in total. The van der Waals surface area contributed by atoms with Crippen molar-refractivity contribution in [2.24, 2.45) is 0 Å². The van der Waals surface area contributed by atoms with Crippen LogP contribution in [0.1, 0.15) is 18.6 Å². The summed E-state index contributed by atoms with van der Waals surface area (Å²) in [4.78, 5) is 0. The molecule has 0 spiro atoms. The molecular formula is C7H10O2. The molecule has 2 heteroatoms. The highest BCUT2D eigenvalue weighted by Crippen LogP contribution is 2.13. The van der Waals surface area contributed by atoms with Gasteiger partial charge in [-0.1, -0.05) is 6.92 Å². The minimum Gasteiger partial charge on any atom is -0.469 e. The second kappa shape index (κ2) is 2.69. The predicted molar refractivity (Wildman–Crippen MR) is 34.2 cm³/mol. The third-order valence-electron chi connectivity index (χ3n) is 1.30. The minimum atomic E-state index is 0.125. The summed E-state index contributed by atoms with van der Waals surface area (Å²) in [6.07, 6.45) is 1.61. The second-order valence-electron chi connectivity index (χ2n) is 2.10. The van der Waals surface area contributed by atoms with Crippen LogP contribution in [-0.2, 0) is 0 Å². The molecule has 0 radical (unpaired) electrons. The highest BCUT2D eigenvalue weighted by atomic mass is 16.3. The maximum Gasteiger partial charge on any atom is 0.108 e. The first kappa shape index (κ1) is 6.36. The zero-order valence-electron chi connectivity index (χ0n) is 5.37. The first-order chi connectivity index (χ1) is 4.34. The van der Waals surface area contributed by atoms with Gasteiger partial charge in [-0.2, -0.15) is 0 Å². The first-order valence-corrected chi connectivity index (χ1v) is 2.99. The van der Waals surface area contributed by atoms with Crippen molar-refractivity contribution in [2.45, 2.75) is 12.8 Å². The van der Waals surface area contributed by atoms with Gasteiger partial charge < -0.3 is 9.52 Å². The van der Waals surface area contributed by atoms with Gasteiger partial charge in [-0.3, -0.25) is 0 Å². The number of aliphatic hydroxyl groups excluding tert-OH is 1. The van der Waals surface area contributed by atoms with Gasteiger partial charge in [0.2, 0.25) is 0 Å². The van der Waals surface area contributed by atoms with Crippen LogP contribution in [0.2, 0.25) is 0 Å². The van der Waals surface area contributed by atoms with Crippen LogP contribution in [0.4, 0.5) is 0 Å². The quantitative estimate of drug-likeness (QED) is 0.649. The minimum absolute atomic E-state index is 0.125. The molecule has 0 aliphatic carbocycles. The van der Waals surface area contributed by atoms with Crippen molar-refractivity contribution in [2.75, 3.05) is 6.61 Å². The van der Waals surface area contributed by atoms with Crippen LogP contribution in [0.5, 0.6) is 0 Å². The fraction of sp³-hybridized carbons (Fsp3) is 0.429. The fourth-order valence-corrected chi connectivity index (χ4v) is 0.662. The largest absolute Gasteiger partial charge is 0.469 e. The number of hydrogen-bond acceptors (Lipinski definition) is 2. The second-order valence-corrected chi connectivity index (χ2v) is 2.10.